The zero-order chi connectivity index (χ0) is 33.3. The molecule has 0 spiro atoms. The highest BCUT2D eigenvalue weighted by Gasteiger charge is 2.36. The van der Waals surface area contributed by atoms with Crippen molar-refractivity contribution < 1.29 is 22.4 Å². The van der Waals surface area contributed by atoms with E-state index >= 15 is 0 Å². The summed E-state index contributed by atoms with van der Waals surface area (Å²) in [5, 5.41) is 17.6. The highest BCUT2D eigenvalue weighted by atomic mass is 19.4. The molecule has 0 unspecified atom stereocenters. The van der Waals surface area contributed by atoms with Crippen LogP contribution in [-0.4, -0.2) is 49.5 Å². The Morgan fingerprint density at radius 1 is 1.04 bits per heavy atom. The maximum atomic E-state index is 14.6. The minimum Gasteiger partial charge on any atom is -0.358 e. The van der Waals surface area contributed by atoms with Crippen LogP contribution in [0.1, 0.15) is 57.5 Å². The second-order valence-electron chi connectivity index (χ2n) is 12.2. The predicted molar refractivity (Wildman–Crippen MR) is 170 cm³/mol. The maximum absolute atomic E-state index is 14.6. The smallest absolute Gasteiger partial charge is 0.358 e. The molecule has 8 nitrogen and oxygen atoms in total. The number of amides is 1. The molecule has 1 aliphatic heterocycles. The van der Waals surface area contributed by atoms with Crippen molar-refractivity contribution in [1.82, 2.24) is 35.8 Å². The number of carbonyl (C=O) groups excluding carboxylic acids is 1. The molecule has 12 heteroatoms. The van der Waals surface area contributed by atoms with E-state index in [1.807, 2.05) is 38.1 Å². The normalized spacial score (nSPS) is 13.9. The number of rotatable bonds is 9. The number of carbonyl (C=O) groups is 1. The van der Waals surface area contributed by atoms with Gasteiger partial charge in [-0.05, 0) is 71.5 Å². The molecule has 3 N–H and O–H groups in total. The van der Waals surface area contributed by atoms with Crippen molar-refractivity contribution >= 4 is 5.91 Å². The van der Waals surface area contributed by atoms with Crippen LogP contribution >= 0.6 is 0 Å². The summed E-state index contributed by atoms with van der Waals surface area (Å²) in [6, 6.07) is 17.0. The van der Waals surface area contributed by atoms with Gasteiger partial charge in [-0.2, -0.15) is 18.4 Å². The molecule has 6 rings (SSSR count). The zero-order valence-corrected chi connectivity index (χ0v) is 26.3. The number of halogens is 4. The summed E-state index contributed by atoms with van der Waals surface area (Å²) in [6.45, 7) is 8.02. The van der Waals surface area contributed by atoms with E-state index in [-0.39, 0.29) is 12.5 Å². The summed E-state index contributed by atoms with van der Waals surface area (Å²) in [6.07, 6.45) is -4.92. The van der Waals surface area contributed by atoms with Crippen molar-refractivity contribution in [2.75, 3.05) is 13.1 Å². The Hall–Kier alpha value is -4.84. The first-order valence-corrected chi connectivity index (χ1v) is 15.5. The van der Waals surface area contributed by atoms with Crippen molar-refractivity contribution in [1.29, 1.82) is 0 Å². The van der Waals surface area contributed by atoms with Gasteiger partial charge in [0.1, 0.15) is 5.82 Å². The van der Waals surface area contributed by atoms with Crippen LogP contribution in [0.4, 0.5) is 17.6 Å². The van der Waals surface area contributed by atoms with Crippen LogP contribution in [-0.2, 0) is 36.9 Å². The minimum absolute atomic E-state index is 0.0165. The van der Waals surface area contributed by atoms with Crippen LogP contribution in [0.15, 0.2) is 60.7 Å². The van der Waals surface area contributed by atoms with Crippen molar-refractivity contribution in [3.05, 3.63) is 111 Å². The molecule has 47 heavy (non-hydrogen) atoms. The predicted octanol–water partition coefficient (Wildman–Crippen LogP) is 6.66. The Kier molecular flexibility index (Phi) is 8.96. The van der Waals surface area contributed by atoms with Crippen LogP contribution in [0.25, 0.3) is 22.6 Å². The van der Waals surface area contributed by atoms with Gasteiger partial charge in [-0.15, -0.1) is 10.2 Å². The molecule has 1 amide bonds. The fourth-order valence-electron chi connectivity index (χ4n) is 6.48. The van der Waals surface area contributed by atoms with Gasteiger partial charge in [-0.1, -0.05) is 54.4 Å². The summed E-state index contributed by atoms with van der Waals surface area (Å²) < 4.78 is 55.6. The summed E-state index contributed by atoms with van der Waals surface area (Å²) in [5.74, 6) is -1.03. The molecule has 0 radical (unpaired) electrons. The number of H-pyrrole nitrogens is 2. The largest absolute Gasteiger partial charge is 0.416 e. The third-order valence-electron chi connectivity index (χ3n) is 8.66. The van der Waals surface area contributed by atoms with Gasteiger partial charge in [0.15, 0.2) is 0 Å². The number of nitrogens with one attached hydrogen (secondary N) is 3. The van der Waals surface area contributed by atoms with Crippen LogP contribution in [0.2, 0.25) is 0 Å². The molecule has 0 bridgehead atoms. The number of aromatic nitrogens is 5. The average molecular weight is 646 g/mol. The van der Waals surface area contributed by atoms with Gasteiger partial charge in [-0.25, -0.2) is 4.39 Å². The standard InChI is InChI=1S/C35H35F4N7O/c1-20-13-21(2)15-25(14-20)33-32(22(3)17-40-18-23-7-9-24(10-8-23)34-42-44-45-43-34)27-19-46(12-11-30(27)41-33)31(47)16-26-28(35(37,38)39)5-4-6-29(26)36/h4-10,13-15,22,40-41H,11-12,16-19H2,1-3H3,(H,42,43,44,45)/t22-/m1/s1. The Morgan fingerprint density at radius 3 is 2.47 bits per heavy atom. The molecular weight excluding hydrogens is 610 g/mol. The third-order valence-corrected chi connectivity index (χ3v) is 8.66. The number of aryl methyl sites for hydroxylation is 2. The van der Waals surface area contributed by atoms with Gasteiger partial charge >= 0.3 is 6.18 Å². The number of tetrazole rings is 1. The topological polar surface area (TPSA) is 103 Å². The minimum atomic E-state index is -4.76. The lowest BCUT2D eigenvalue weighted by molar-refractivity contribution is -0.139. The second kappa shape index (κ2) is 13.1. The lowest BCUT2D eigenvalue weighted by Crippen LogP contribution is -2.37. The molecule has 0 fully saturated rings. The molecule has 0 saturated carbocycles. The quantitative estimate of drug-likeness (QED) is 0.156. The number of fused-ring (bicyclic) bond motifs is 1. The number of nitrogens with zero attached hydrogens (tertiary/aromatic N) is 4. The summed E-state index contributed by atoms with van der Waals surface area (Å²) in [7, 11) is 0. The first kappa shape index (κ1) is 32.1. The van der Waals surface area contributed by atoms with E-state index in [1.165, 1.54) is 0 Å². The molecular formula is C35H35F4N7O. The highest BCUT2D eigenvalue weighted by molar-refractivity contribution is 5.80. The third kappa shape index (κ3) is 6.97. The molecule has 2 aromatic heterocycles. The number of alkyl halides is 3. The van der Waals surface area contributed by atoms with E-state index in [0.717, 1.165) is 68.5 Å². The second-order valence-corrected chi connectivity index (χ2v) is 12.2. The number of benzene rings is 3. The average Bonchev–Trinajstić information content (AvgIpc) is 3.70. The van der Waals surface area contributed by atoms with E-state index in [0.29, 0.717) is 31.9 Å². The summed E-state index contributed by atoms with van der Waals surface area (Å²) >= 11 is 0. The highest BCUT2D eigenvalue weighted by Crippen LogP contribution is 2.38. The SMILES string of the molecule is Cc1cc(C)cc(-c2[nH]c3c(c2[C@H](C)CNCc2ccc(-c4nn[nH]n4)cc2)CN(C(=O)Cc2c(F)cccc2C(F)(F)F)CC3)c1. The van der Waals surface area contributed by atoms with E-state index in [4.69, 9.17) is 0 Å². The van der Waals surface area contributed by atoms with Gasteiger partial charge < -0.3 is 15.2 Å². The van der Waals surface area contributed by atoms with Crippen molar-refractivity contribution in [2.24, 2.45) is 0 Å². The van der Waals surface area contributed by atoms with Crippen molar-refractivity contribution in [3.8, 4) is 22.6 Å². The van der Waals surface area contributed by atoms with Gasteiger partial charge in [-0.3, -0.25) is 4.79 Å². The first-order valence-electron chi connectivity index (χ1n) is 15.5. The van der Waals surface area contributed by atoms with Gasteiger partial charge in [0, 0.05) is 55.1 Å². The molecule has 1 aliphatic rings. The van der Waals surface area contributed by atoms with E-state index in [1.54, 1.807) is 4.90 Å². The van der Waals surface area contributed by atoms with Gasteiger partial charge in [0.05, 0.1) is 12.0 Å². The Labute approximate surface area is 269 Å². The van der Waals surface area contributed by atoms with E-state index < -0.39 is 35.4 Å². The molecule has 1 atom stereocenters. The first-order chi connectivity index (χ1) is 22.5. The van der Waals surface area contributed by atoms with Crippen LogP contribution in [0, 0.1) is 19.7 Å². The molecule has 3 aromatic carbocycles. The van der Waals surface area contributed by atoms with Gasteiger partial charge in [0.2, 0.25) is 11.7 Å². The maximum Gasteiger partial charge on any atom is 0.416 e. The van der Waals surface area contributed by atoms with Gasteiger partial charge in [0.25, 0.3) is 0 Å². The molecule has 0 saturated heterocycles. The summed E-state index contributed by atoms with van der Waals surface area (Å²) in [5.41, 5.74) is 7.48. The lowest BCUT2D eigenvalue weighted by atomic mass is 9.90. The fraction of sp³-hybridized carbons (Fsp3) is 0.314. The van der Waals surface area contributed by atoms with Crippen LogP contribution < -0.4 is 5.32 Å². The molecule has 0 aliphatic carbocycles. The monoisotopic (exact) mass is 645 g/mol. The zero-order valence-electron chi connectivity index (χ0n) is 26.3. The summed E-state index contributed by atoms with van der Waals surface area (Å²) in [4.78, 5) is 18.6. The molecule has 244 valence electrons. The van der Waals surface area contributed by atoms with Crippen LogP contribution in [0.5, 0.6) is 0 Å². The number of hydrogen-bond donors (Lipinski definition) is 3. The van der Waals surface area contributed by atoms with Crippen molar-refractivity contribution in [3.63, 3.8) is 0 Å². The van der Waals surface area contributed by atoms with E-state index in [2.05, 4.69) is 56.0 Å². The number of hydrogen-bond acceptors (Lipinski definition) is 5. The molecule has 5 aromatic rings. The van der Waals surface area contributed by atoms with E-state index in [9.17, 15) is 22.4 Å². The van der Waals surface area contributed by atoms with Crippen molar-refractivity contribution in [2.45, 2.75) is 58.8 Å². The number of aromatic amines is 2. The Balaban J connectivity index is 1.24. The fourth-order valence-corrected chi connectivity index (χ4v) is 6.48. The Morgan fingerprint density at radius 2 is 1.79 bits per heavy atom. The van der Waals surface area contributed by atoms with Crippen LogP contribution in [0.3, 0.4) is 0 Å². The molecule has 3 heterocycles. The Bertz CT molecular complexity index is 1860. The lowest BCUT2D eigenvalue weighted by Gasteiger charge is -2.29.